The number of alkyl halides is 1. The summed E-state index contributed by atoms with van der Waals surface area (Å²) in [5, 5.41) is 3.24. The minimum absolute atomic E-state index is 0.0000580. The number of rotatable bonds is 5. The monoisotopic (exact) mass is 554 g/mol. The van der Waals surface area contributed by atoms with Gasteiger partial charge in [-0.1, -0.05) is 31.2 Å². The second-order valence-corrected chi connectivity index (χ2v) is 10.7. The lowest BCUT2D eigenvalue weighted by Crippen LogP contribution is -2.47. The van der Waals surface area contributed by atoms with Crippen LogP contribution in [0.5, 0.6) is 0 Å². The zero-order valence-corrected chi connectivity index (χ0v) is 23.1. The van der Waals surface area contributed by atoms with Gasteiger partial charge in [-0.05, 0) is 55.4 Å². The third-order valence-corrected chi connectivity index (χ3v) is 7.92. The normalized spacial score (nSPS) is 20.4. The van der Waals surface area contributed by atoms with Crippen LogP contribution in [0, 0.1) is 5.92 Å². The molecule has 0 spiro atoms. The fourth-order valence-electron chi connectivity index (χ4n) is 5.52. The number of nitrogens with zero attached hydrogens (tertiary/aromatic N) is 5. The number of nitrogens with one attached hydrogen (secondary N) is 1. The van der Waals surface area contributed by atoms with Crippen LogP contribution < -0.4 is 5.32 Å². The van der Waals surface area contributed by atoms with Crippen molar-refractivity contribution < 1.29 is 13.6 Å². The van der Waals surface area contributed by atoms with Crippen LogP contribution in [0.15, 0.2) is 77.7 Å². The van der Waals surface area contributed by atoms with Gasteiger partial charge in [0, 0.05) is 60.3 Å². The molecule has 41 heavy (non-hydrogen) atoms. The Morgan fingerprint density at radius 1 is 1.10 bits per heavy atom. The number of carbonyl (C=O) groups is 1. The van der Waals surface area contributed by atoms with Gasteiger partial charge in [0.25, 0.3) is 5.91 Å². The summed E-state index contributed by atoms with van der Waals surface area (Å²) in [6, 6.07) is 13.3. The number of aliphatic imine (C=N–C) groups is 1. The number of fused-ring (bicyclic) bond motifs is 3. The SMILES string of the molecule is CCc1ccc2c(c1)C(C1C(F)=CC=CC1F)=NCc1cnc(Nc3cccc(C(=O)N4CCN(C)CC4)c3)nc1-2. The summed E-state index contributed by atoms with van der Waals surface area (Å²) in [6.07, 6.45) is 5.03. The van der Waals surface area contributed by atoms with Crippen LogP contribution in [0.3, 0.4) is 0 Å². The van der Waals surface area contributed by atoms with E-state index in [1.807, 2.05) is 54.3 Å². The lowest BCUT2D eigenvalue weighted by atomic mass is 9.85. The number of amides is 1. The minimum Gasteiger partial charge on any atom is -0.336 e. The molecule has 6 rings (SSSR count). The molecule has 3 aromatic rings. The molecule has 0 saturated carbocycles. The minimum atomic E-state index is -1.51. The number of halogens is 2. The molecule has 3 aliphatic rings. The Hall–Kier alpha value is -4.24. The molecule has 1 aliphatic carbocycles. The number of aryl methyl sites for hydroxylation is 1. The fraction of sp³-hybridized carbons (Fsp3) is 0.312. The van der Waals surface area contributed by atoms with E-state index >= 15 is 4.39 Å². The van der Waals surface area contributed by atoms with E-state index in [2.05, 4.69) is 22.2 Å². The van der Waals surface area contributed by atoms with Gasteiger partial charge in [0.2, 0.25) is 5.95 Å². The standard InChI is InChI=1S/C32H32F2N6O/c1-3-20-10-11-24-25(16-20)30(28-26(33)8-5-9-27(28)34)35-18-22-19-36-32(38-29(22)24)37-23-7-4-6-21(17-23)31(41)40-14-12-39(2)13-15-40/h4-11,16-17,19,26,28H,3,12-15,18H2,1-2H3,(H,36,37,38). The van der Waals surface area contributed by atoms with E-state index in [-0.39, 0.29) is 12.5 Å². The molecule has 210 valence electrons. The van der Waals surface area contributed by atoms with Crippen LogP contribution in [0.25, 0.3) is 11.3 Å². The molecule has 2 unspecified atom stereocenters. The number of aromatic nitrogens is 2. The van der Waals surface area contributed by atoms with Gasteiger partial charge in [-0.25, -0.2) is 18.7 Å². The largest absolute Gasteiger partial charge is 0.336 e. The number of allylic oxidation sites excluding steroid dienone is 4. The Morgan fingerprint density at radius 3 is 2.71 bits per heavy atom. The van der Waals surface area contributed by atoms with Crippen molar-refractivity contribution in [2.75, 3.05) is 38.5 Å². The van der Waals surface area contributed by atoms with Gasteiger partial charge >= 0.3 is 0 Å². The van der Waals surface area contributed by atoms with Gasteiger partial charge in [-0.2, -0.15) is 0 Å². The topological polar surface area (TPSA) is 73.7 Å². The molecule has 1 fully saturated rings. The number of hydrogen-bond acceptors (Lipinski definition) is 6. The van der Waals surface area contributed by atoms with Crippen LogP contribution >= 0.6 is 0 Å². The first-order valence-corrected chi connectivity index (χ1v) is 14.0. The highest BCUT2D eigenvalue weighted by molar-refractivity contribution is 6.09. The van der Waals surface area contributed by atoms with Gasteiger partial charge < -0.3 is 15.1 Å². The number of likely N-dealkylation sites (N-methyl/N-ethyl adjacent to an activating group) is 1. The summed E-state index contributed by atoms with van der Waals surface area (Å²) < 4.78 is 30.0. The zero-order valence-electron chi connectivity index (χ0n) is 23.1. The highest BCUT2D eigenvalue weighted by Crippen LogP contribution is 2.37. The predicted molar refractivity (Wildman–Crippen MR) is 157 cm³/mol. The molecule has 0 radical (unpaired) electrons. The average Bonchev–Trinajstić information content (AvgIpc) is 3.14. The van der Waals surface area contributed by atoms with Gasteiger partial charge in [0.1, 0.15) is 12.0 Å². The van der Waals surface area contributed by atoms with Crippen LogP contribution in [-0.2, 0) is 13.0 Å². The van der Waals surface area contributed by atoms with Crippen LogP contribution in [-0.4, -0.2) is 70.8 Å². The summed E-state index contributed by atoms with van der Waals surface area (Å²) in [6.45, 7) is 5.35. The smallest absolute Gasteiger partial charge is 0.254 e. The maximum Gasteiger partial charge on any atom is 0.254 e. The van der Waals surface area contributed by atoms with Crippen molar-refractivity contribution >= 4 is 23.3 Å². The molecule has 0 bridgehead atoms. The molecular formula is C32H32F2N6O. The second-order valence-electron chi connectivity index (χ2n) is 10.7. The Kier molecular flexibility index (Phi) is 7.45. The summed E-state index contributed by atoms with van der Waals surface area (Å²) in [5.74, 6) is -1.29. The third-order valence-electron chi connectivity index (χ3n) is 7.92. The number of benzene rings is 2. The Morgan fingerprint density at radius 2 is 1.93 bits per heavy atom. The van der Waals surface area contributed by atoms with Crippen molar-refractivity contribution in [1.29, 1.82) is 0 Å². The first kappa shape index (κ1) is 27.0. The van der Waals surface area contributed by atoms with Gasteiger partial charge in [0.15, 0.2) is 0 Å². The van der Waals surface area contributed by atoms with E-state index in [4.69, 9.17) is 9.98 Å². The molecule has 1 amide bonds. The number of piperazine rings is 1. The lowest BCUT2D eigenvalue weighted by molar-refractivity contribution is 0.0664. The number of hydrogen-bond donors (Lipinski definition) is 1. The summed E-state index contributed by atoms with van der Waals surface area (Å²) >= 11 is 0. The highest BCUT2D eigenvalue weighted by atomic mass is 19.1. The van der Waals surface area contributed by atoms with E-state index < -0.39 is 17.9 Å². The van der Waals surface area contributed by atoms with Crippen LogP contribution in [0.1, 0.15) is 34.0 Å². The molecule has 1 N–H and O–H groups in total. The molecule has 9 heteroatoms. The summed E-state index contributed by atoms with van der Waals surface area (Å²) in [5.41, 5.74) is 5.58. The molecule has 3 heterocycles. The van der Waals surface area contributed by atoms with Crippen molar-refractivity contribution in [3.05, 3.63) is 95.0 Å². The summed E-state index contributed by atoms with van der Waals surface area (Å²) in [7, 11) is 2.06. The lowest BCUT2D eigenvalue weighted by Gasteiger charge is -2.32. The molecule has 1 aromatic heterocycles. The van der Waals surface area contributed by atoms with E-state index in [0.29, 0.717) is 47.3 Å². The van der Waals surface area contributed by atoms with Crippen LogP contribution in [0.2, 0.25) is 0 Å². The van der Waals surface area contributed by atoms with E-state index in [9.17, 15) is 9.18 Å². The fourth-order valence-corrected chi connectivity index (χ4v) is 5.52. The Balaban J connectivity index is 1.32. The van der Waals surface area contributed by atoms with Crippen molar-refractivity contribution in [3.63, 3.8) is 0 Å². The van der Waals surface area contributed by atoms with E-state index in [1.54, 1.807) is 6.20 Å². The molecule has 7 nitrogen and oxygen atoms in total. The maximum absolute atomic E-state index is 15.0. The Bertz CT molecular complexity index is 1570. The van der Waals surface area contributed by atoms with Crippen molar-refractivity contribution in [3.8, 4) is 11.3 Å². The van der Waals surface area contributed by atoms with Crippen molar-refractivity contribution in [2.45, 2.75) is 26.1 Å². The van der Waals surface area contributed by atoms with Gasteiger partial charge in [-0.3, -0.25) is 9.79 Å². The molecule has 2 aromatic carbocycles. The molecular weight excluding hydrogens is 522 g/mol. The number of anilines is 2. The van der Waals surface area contributed by atoms with E-state index in [0.717, 1.165) is 36.2 Å². The third kappa shape index (κ3) is 5.41. The molecule has 2 atom stereocenters. The maximum atomic E-state index is 15.0. The van der Waals surface area contributed by atoms with Crippen LogP contribution in [0.4, 0.5) is 20.4 Å². The Labute approximate surface area is 238 Å². The van der Waals surface area contributed by atoms with Gasteiger partial charge in [-0.15, -0.1) is 0 Å². The van der Waals surface area contributed by atoms with E-state index in [1.165, 1.54) is 18.2 Å². The predicted octanol–water partition coefficient (Wildman–Crippen LogP) is 5.52. The zero-order chi connectivity index (χ0) is 28.5. The first-order chi connectivity index (χ1) is 19.9. The number of carbonyl (C=O) groups excluding carboxylic acids is 1. The molecule has 2 aliphatic heterocycles. The summed E-state index contributed by atoms with van der Waals surface area (Å²) in [4.78, 5) is 31.3. The van der Waals surface area contributed by atoms with Crippen molar-refractivity contribution in [1.82, 2.24) is 19.8 Å². The molecule has 1 saturated heterocycles. The van der Waals surface area contributed by atoms with Crippen molar-refractivity contribution in [2.24, 2.45) is 10.9 Å². The average molecular weight is 555 g/mol. The quantitative estimate of drug-likeness (QED) is 0.450. The van der Waals surface area contributed by atoms with Gasteiger partial charge in [0.05, 0.1) is 23.9 Å². The second kappa shape index (κ2) is 11.3. The highest BCUT2D eigenvalue weighted by Gasteiger charge is 2.34. The first-order valence-electron chi connectivity index (χ1n) is 14.0.